The van der Waals surface area contributed by atoms with Gasteiger partial charge in [-0.25, -0.2) is 4.79 Å². The van der Waals surface area contributed by atoms with Gasteiger partial charge < -0.3 is 9.47 Å². The number of ether oxygens (including phenoxy) is 2. The van der Waals surface area contributed by atoms with Crippen LogP contribution < -0.4 is 0 Å². The van der Waals surface area contributed by atoms with Crippen molar-refractivity contribution in [3.8, 4) is 0 Å². The highest BCUT2D eigenvalue weighted by molar-refractivity contribution is 5.80. The number of allylic oxidation sites excluding steroid dienone is 3. The lowest BCUT2D eigenvalue weighted by Crippen LogP contribution is -2.33. The topological polar surface area (TPSA) is 52.6 Å². The predicted molar refractivity (Wildman–Crippen MR) is 79.2 cm³/mol. The van der Waals surface area contributed by atoms with Gasteiger partial charge in [-0.3, -0.25) is 4.79 Å². The zero-order valence-electron chi connectivity index (χ0n) is 12.9. The maximum absolute atomic E-state index is 11.7. The van der Waals surface area contributed by atoms with E-state index in [1.54, 1.807) is 13.0 Å². The molecule has 0 saturated carbocycles. The van der Waals surface area contributed by atoms with Crippen molar-refractivity contribution in [1.82, 2.24) is 0 Å². The molecule has 0 aromatic heterocycles. The summed E-state index contributed by atoms with van der Waals surface area (Å²) in [6, 6.07) is 0. The molecule has 4 nitrogen and oxygen atoms in total. The standard InChI is InChI=1S/C16H26O4/c1-5-7-8-9-10-11-12-14(17)20-15(13(3)4)16(18)19-6-2/h7-8,10-11,13,15H,5-6,9,12H2,1-4H3/b8-7-,11-10-. The SMILES string of the molecule is CC/C=C\C/C=C\CC(=O)OC(C(=O)OCC)C(C)C. The summed E-state index contributed by atoms with van der Waals surface area (Å²) in [6.45, 7) is 7.71. The molecule has 0 aromatic carbocycles. The Kier molecular flexibility index (Phi) is 10.4. The molecule has 0 saturated heterocycles. The second-order valence-corrected chi connectivity index (χ2v) is 4.70. The molecular weight excluding hydrogens is 256 g/mol. The van der Waals surface area contributed by atoms with Crippen molar-refractivity contribution in [2.75, 3.05) is 6.61 Å². The normalized spacial score (nSPS) is 13.1. The summed E-state index contributed by atoms with van der Waals surface area (Å²) < 4.78 is 10.1. The Morgan fingerprint density at radius 1 is 1.05 bits per heavy atom. The first-order valence-corrected chi connectivity index (χ1v) is 7.19. The zero-order chi connectivity index (χ0) is 15.4. The molecule has 0 radical (unpaired) electrons. The molecule has 0 aliphatic rings. The molecule has 0 amide bonds. The van der Waals surface area contributed by atoms with Gasteiger partial charge in [0.25, 0.3) is 0 Å². The summed E-state index contributed by atoms with van der Waals surface area (Å²) in [5, 5.41) is 0. The number of hydrogen-bond donors (Lipinski definition) is 0. The number of hydrogen-bond acceptors (Lipinski definition) is 4. The van der Waals surface area contributed by atoms with E-state index in [-0.39, 0.29) is 18.9 Å². The Morgan fingerprint density at radius 2 is 1.70 bits per heavy atom. The molecule has 114 valence electrons. The molecule has 0 heterocycles. The highest BCUT2D eigenvalue weighted by atomic mass is 16.6. The van der Waals surface area contributed by atoms with Crippen LogP contribution in [0.3, 0.4) is 0 Å². The zero-order valence-corrected chi connectivity index (χ0v) is 12.9. The van der Waals surface area contributed by atoms with Crippen LogP contribution >= 0.6 is 0 Å². The van der Waals surface area contributed by atoms with Gasteiger partial charge in [0.1, 0.15) is 0 Å². The number of rotatable bonds is 9. The van der Waals surface area contributed by atoms with Crippen LogP contribution in [0, 0.1) is 5.92 Å². The summed E-state index contributed by atoms with van der Waals surface area (Å²) in [6.07, 6.45) is 8.92. The summed E-state index contributed by atoms with van der Waals surface area (Å²) >= 11 is 0. The van der Waals surface area contributed by atoms with Gasteiger partial charge >= 0.3 is 11.9 Å². The third-order valence-corrected chi connectivity index (χ3v) is 2.51. The molecule has 4 heteroatoms. The van der Waals surface area contributed by atoms with Gasteiger partial charge in [-0.1, -0.05) is 45.1 Å². The molecular formula is C16H26O4. The Bertz CT molecular complexity index is 342. The van der Waals surface area contributed by atoms with Crippen molar-refractivity contribution in [3.63, 3.8) is 0 Å². The first-order chi connectivity index (χ1) is 9.52. The lowest BCUT2D eigenvalue weighted by Gasteiger charge is -2.19. The van der Waals surface area contributed by atoms with Crippen LogP contribution in [-0.4, -0.2) is 24.6 Å². The van der Waals surface area contributed by atoms with Gasteiger partial charge in [-0.15, -0.1) is 0 Å². The molecule has 0 aliphatic heterocycles. The Labute approximate surface area is 121 Å². The average Bonchev–Trinajstić information content (AvgIpc) is 2.39. The lowest BCUT2D eigenvalue weighted by molar-refractivity contribution is -0.170. The quantitative estimate of drug-likeness (QED) is 0.480. The van der Waals surface area contributed by atoms with Gasteiger partial charge in [0.05, 0.1) is 13.0 Å². The van der Waals surface area contributed by atoms with Crippen molar-refractivity contribution in [2.24, 2.45) is 5.92 Å². The smallest absolute Gasteiger partial charge is 0.347 e. The second kappa shape index (κ2) is 11.3. The van der Waals surface area contributed by atoms with Crippen LogP contribution in [0.1, 0.15) is 47.0 Å². The highest BCUT2D eigenvalue weighted by Gasteiger charge is 2.27. The molecule has 0 spiro atoms. The maximum atomic E-state index is 11.7. The largest absolute Gasteiger partial charge is 0.463 e. The first-order valence-electron chi connectivity index (χ1n) is 7.19. The van der Waals surface area contributed by atoms with E-state index in [4.69, 9.17) is 9.47 Å². The van der Waals surface area contributed by atoms with Gasteiger partial charge in [0.2, 0.25) is 6.10 Å². The summed E-state index contributed by atoms with van der Waals surface area (Å²) in [7, 11) is 0. The molecule has 0 fully saturated rings. The van der Waals surface area contributed by atoms with E-state index in [0.717, 1.165) is 12.8 Å². The van der Waals surface area contributed by atoms with E-state index in [1.165, 1.54) is 0 Å². The van der Waals surface area contributed by atoms with Gasteiger partial charge in [-0.05, 0) is 19.8 Å². The Hall–Kier alpha value is -1.58. The molecule has 0 rings (SSSR count). The maximum Gasteiger partial charge on any atom is 0.347 e. The van der Waals surface area contributed by atoms with Crippen LogP contribution in [0.15, 0.2) is 24.3 Å². The summed E-state index contributed by atoms with van der Waals surface area (Å²) in [5.74, 6) is -0.993. The van der Waals surface area contributed by atoms with Crippen LogP contribution in [0.4, 0.5) is 0 Å². The minimum Gasteiger partial charge on any atom is -0.463 e. The lowest BCUT2D eigenvalue weighted by atomic mass is 10.1. The van der Waals surface area contributed by atoms with Crippen molar-refractivity contribution in [3.05, 3.63) is 24.3 Å². The van der Waals surface area contributed by atoms with E-state index >= 15 is 0 Å². The fraction of sp³-hybridized carbons (Fsp3) is 0.625. The van der Waals surface area contributed by atoms with Crippen molar-refractivity contribution >= 4 is 11.9 Å². The minimum absolute atomic E-state index is 0.102. The highest BCUT2D eigenvalue weighted by Crippen LogP contribution is 2.10. The fourth-order valence-electron chi connectivity index (χ4n) is 1.49. The number of esters is 2. The number of carbonyl (C=O) groups is 2. The Morgan fingerprint density at radius 3 is 2.25 bits per heavy atom. The van der Waals surface area contributed by atoms with Gasteiger partial charge in [0, 0.05) is 5.92 Å². The van der Waals surface area contributed by atoms with Crippen LogP contribution in [0.5, 0.6) is 0 Å². The van der Waals surface area contributed by atoms with E-state index in [9.17, 15) is 9.59 Å². The molecule has 0 N–H and O–H groups in total. The first kappa shape index (κ1) is 18.4. The van der Waals surface area contributed by atoms with E-state index in [1.807, 2.05) is 26.0 Å². The Balaban J connectivity index is 4.20. The third-order valence-electron chi connectivity index (χ3n) is 2.51. The van der Waals surface area contributed by atoms with E-state index in [2.05, 4.69) is 13.0 Å². The predicted octanol–water partition coefficient (Wildman–Crippen LogP) is 3.42. The van der Waals surface area contributed by atoms with E-state index < -0.39 is 18.0 Å². The molecule has 1 unspecified atom stereocenters. The summed E-state index contributed by atoms with van der Waals surface area (Å²) in [4.78, 5) is 23.3. The molecule has 0 bridgehead atoms. The number of carbonyl (C=O) groups excluding carboxylic acids is 2. The van der Waals surface area contributed by atoms with Crippen LogP contribution in [0.25, 0.3) is 0 Å². The molecule has 20 heavy (non-hydrogen) atoms. The average molecular weight is 282 g/mol. The molecule has 0 aromatic rings. The van der Waals surface area contributed by atoms with Gasteiger partial charge in [-0.2, -0.15) is 0 Å². The minimum atomic E-state index is -0.823. The summed E-state index contributed by atoms with van der Waals surface area (Å²) in [5.41, 5.74) is 0. The monoisotopic (exact) mass is 282 g/mol. The van der Waals surface area contributed by atoms with Crippen molar-refractivity contribution < 1.29 is 19.1 Å². The fourth-order valence-corrected chi connectivity index (χ4v) is 1.49. The van der Waals surface area contributed by atoms with Gasteiger partial charge in [0.15, 0.2) is 0 Å². The molecule has 0 aliphatic carbocycles. The van der Waals surface area contributed by atoms with E-state index in [0.29, 0.717) is 0 Å². The van der Waals surface area contributed by atoms with Crippen LogP contribution in [0.2, 0.25) is 0 Å². The third kappa shape index (κ3) is 8.51. The van der Waals surface area contributed by atoms with Crippen molar-refractivity contribution in [2.45, 2.75) is 53.1 Å². The van der Waals surface area contributed by atoms with Crippen molar-refractivity contribution in [1.29, 1.82) is 0 Å². The molecule has 1 atom stereocenters. The second-order valence-electron chi connectivity index (χ2n) is 4.70. The van der Waals surface area contributed by atoms with Crippen LogP contribution in [-0.2, 0) is 19.1 Å².